The Morgan fingerprint density at radius 2 is 2.12 bits per heavy atom. The summed E-state index contributed by atoms with van der Waals surface area (Å²) >= 11 is 0. The third kappa shape index (κ3) is 1.95. The molecule has 1 aliphatic rings. The van der Waals surface area contributed by atoms with Crippen molar-refractivity contribution in [2.75, 3.05) is 20.3 Å². The number of aromatic nitrogens is 2. The first-order valence-corrected chi connectivity index (χ1v) is 5.33. The van der Waals surface area contributed by atoms with Gasteiger partial charge in [-0.2, -0.15) is 4.98 Å². The molecule has 0 aliphatic carbocycles. The van der Waals surface area contributed by atoms with E-state index in [1.807, 2.05) is 0 Å². The number of ether oxygens (including phenoxy) is 2. The van der Waals surface area contributed by atoms with Crippen molar-refractivity contribution in [3.05, 3.63) is 11.7 Å². The molecule has 90 valence electrons. The summed E-state index contributed by atoms with van der Waals surface area (Å²) in [6.45, 7) is 2.82. The molecule has 6 heteroatoms. The van der Waals surface area contributed by atoms with Crippen molar-refractivity contribution >= 4 is 0 Å². The van der Waals surface area contributed by atoms with Gasteiger partial charge in [0, 0.05) is 33.2 Å². The van der Waals surface area contributed by atoms with Crippen LogP contribution >= 0.6 is 0 Å². The molecular weight excluding hydrogens is 212 g/mol. The molecule has 1 fully saturated rings. The summed E-state index contributed by atoms with van der Waals surface area (Å²) in [5.41, 5.74) is -0.533. The molecule has 1 atom stereocenters. The van der Waals surface area contributed by atoms with E-state index in [-0.39, 0.29) is 5.89 Å². The molecule has 1 aromatic rings. The zero-order chi connectivity index (χ0) is 11.6. The molecule has 1 aromatic heterocycles. The first-order chi connectivity index (χ1) is 7.68. The third-order valence-electron chi connectivity index (χ3n) is 2.90. The number of aliphatic hydroxyl groups excluding tert-OH is 1. The Hall–Kier alpha value is -0.980. The van der Waals surface area contributed by atoms with E-state index >= 15 is 0 Å². The van der Waals surface area contributed by atoms with Crippen LogP contribution in [-0.4, -0.2) is 35.6 Å². The zero-order valence-electron chi connectivity index (χ0n) is 9.47. The lowest BCUT2D eigenvalue weighted by Crippen LogP contribution is -2.36. The molecule has 0 bridgehead atoms. The van der Waals surface area contributed by atoms with Gasteiger partial charge in [-0.3, -0.25) is 0 Å². The molecule has 2 rings (SSSR count). The Morgan fingerprint density at radius 1 is 1.44 bits per heavy atom. The van der Waals surface area contributed by atoms with E-state index in [1.165, 1.54) is 0 Å². The van der Waals surface area contributed by atoms with Crippen LogP contribution in [0.15, 0.2) is 4.52 Å². The Labute approximate surface area is 93.6 Å². The molecule has 0 radical (unpaired) electrons. The number of hydrogen-bond acceptors (Lipinski definition) is 6. The first-order valence-electron chi connectivity index (χ1n) is 5.33. The van der Waals surface area contributed by atoms with Crippen molar-refractivity contribution in [2.45, 2.75) is 31.5 Å². The lowest BCUT2D eigenvalue weighted by molar-refractivity contribution is -0.101. The van der Waals surface area contributed by atoms with E-state index in [0.29, 0.717) is 31.9 Å². The second kappa shape index (κ2) is 4.48. The van der Waals surface area contributed by atoms with Gasteiger partial charge in [-0.1, -0.05) is 5.16 Å². The van der Waals surface area contributed by atoms with Crippen molar-refractivity contribution in [2.24, 2.45) is 0 Å². The Morgan fingerprint density at radius 3 is 2.62 bits per heavy atom. The number of hydrogen-bond donors (Lipinski definition) is 1. The van der Waals surface area contributed by atoms with Gasteiger partial charge in [-0.05, 0) is 6.92 Å². The van der Waals surface area contributed by atoms with Crippen LogP contribution in [0.1, 0.15) is 37.6 Å². The van der Waals surface area contributed by atoms with Crippen LogP contribution in [0.2, 0.25) is 0 Å². The highest BCUT2D eigenvalue weighted by Gasteiger charge is 2.39. The minimum Gasteiger partial charge on any atom is -0.384 e. The maximum atomic E-state index is 9.33. The average molecular weight is 228 g/mol. The number of methoxy groups -OCH3 is 1. The van der Waals surface area contributed by atoms with E-state index in [4.69, 9.17) is 14.0 Å². The highest BCUT2D eigenvalue weighted by Crippen LogP contribution is 2.33. The first kappa shape index (κ1) is 11.5. The van der Waals surface area contributed by atoms with Gasteiger partial charge in [-0.15, -0.1) is 0 Å². The molecule has 1 saturated heterocycles. The second-order valence-corrected chi connectivity index (χ2v) is 3.94. The van der Waals surface area contributed by atoms with Gasteiger partial charge in [-0.25, -0.2) is 0 Å². The summed E-state index contributed by atoms with van der Waals surface area (Å²) < 4.78 is 15.8. The maximum absolute atomic E-state index is 9.33. The van der Waals surface area contributed by atoms with E-state index in [2.05, 4.69) is 10.1 Å². The van der Waals surface area contributed by atoms with Gasteiger partial charge in [0.1, 0.15) is 11.7 Å². The summed E-state index contributed by atoms with van der Waals surface area (Å²) in [6, 6.07) is 0. The SMILES string of the molecule is COC1(c2noc([C@H](C)O)n2)CCOCC1. The predicted octanol–water partition coefficient (Wildman–Crippen LogP) is 0.775. The van der Waals surface area contributed by atoms with Crippen molar-refractivity contribution < 1.29 is 19.1 Å². The summed E-state index contributed by atoms with van der Waals surface area (Å²) in [7, 11) is 1.63. The van der Waals surface area contributed by atoms with Crippen LogP contribution in [0.25, 0.3) is 0 Å². The normalized spacial score (nSPS) is 21.9. The third-order valence-corrected chi connectivity index (χ3v) is 2.90. The van der Waals surface area contributed by atoms with Gasteiger partial charge in [0.05, 0.1) is 0 Å². The topological polar surface area (TPSA) is 77.6 Å². The zero-order valence-corrected chi connectivity index (χ0v) is 9.47. The highest BCUT2D eigenvalue weighted by atomic mass is 16.5. The smallest absolute Gasteiger partial charge is 0.255 e. The van der Waals surface area contributed by atoms with Crippen molar-refractivity contribution in [3.63, 3.8) is 0 Å². The lowest BCUT2D eigenvalue weighted by Gasteiger charge is -2.32. The van der Waals surface area contributed by atoms with Crippen molar-refractivity contribution in [3.8, 4) is 0 Å². The predicted molar refractivity (Wildman–Crippen MR) is 53.7 cm³/mol. The van der Waals surface area contributed by atoms with Crippen LogP contribution in [0.4, 0.5) is 0 Å². The monoisotopic (exact) mass is 228 g/mol. The van der Waals surface area contributed by atoms with Crippen LogP contribution < -0.4 is 0 Å². The Bertz CT molecular complexity index is 344. The number of aliphatic hydroxyl groups is 1. The molecule has 0 unspecified atom stereocenters. The molecule has 0 spiro atoms. The van der Waals surface area contributed by atoms with E-state index in [0.717, 1.165) is 0 Å². The van der Waals surface area contributed by atoms with Crippen LogP contribution in [0.5, 0.6) is 0 Å². The second-order valence-electron chi connectivity index (χ2n) is 3.94. The molecule has 6 nitrogen and oxygen atoms in total. The lowest BCUT2D eigenvalue weighted by atomic mass is 9.93. The minimum absolute atomic E-state index is 0.220. The fourth-order valence-electron chi connectivity index (χ4n) is 1.81. The molecule has 0 saturated carbocycles. The Kier molecular flexibility index (Phi) is 3.22. The van der Waals surface area contributed by atoms with Gasteiger partial charge in [0.2, 0.25) is 5.82 Å². The summed E-state index contributed by atoms with van der Waals surface area (Å²) in [5.74, 6) is 0.715. The fraction of sp³-hybridized carbons (Fsp3) is 0.800. The molecule has 1 aliphatic heterocycles. The highest BCUT2D eigenvalue weighted by molar-refractivity contribution is 5.03. The van der Waals surface area contributed by atoms with Crippen LogP contribution in [0.3, 0.4) is 0 Å². The number of rotatable bonds is 3. The average Bonchev–Trinajstić information content (AvgIpc) is 2.80. The van der Waals surface area contributed by atoms with Gasteiger partial charge >= 0.3 is 0 Å². The maximum Gasteiger partial charge on any atom is 0.255 e. The minimum atomic E-state index is -0.755. The van der Waals surface area contributed by atoms with Crippen LogP contribution in [0, 0.1) is 0 Å². The summed E-state index contributed by atoms with van der Waals surface area (Å²) in [4.78, 5) is 4.17. The van der Waals surface area contributed by atoms with E-state index in [9.17, 15) is 5.11 Å². The molecular formula is C10H16N2O4. The summed E-state index contributed by atoms with van der Waals surface area (Å²) in [5, 5.41) is 13.2. The fourth-order valence-corrected chi connectivity index (χ4v) is 1.81. The standard InChI is InChI=1S/C10H16N2O4/c1-7(13)8-11-9(12-16-8)10(14-2)3-5-15-6-4-10/h7,13H,3-6H2,1-2H3/t7-/m0/s1. The van der Waals surface area contributed by atoms with Crippen molar-refractivity contribution in [1.29, 1.82) is 0 Å². The number of nitrogens with zero attached hydrogens (tertiary/aromatic N) is 2. The van der Waals surface area contributed by atoms with E-state index < -0.39 is 11.7 Å². The Balaban J connectivity index is 2.25. The van der Waals surface area contributed by atoms with Crippen molar-refractivity contribution in [1.82, 2.24) is 10.1 Å². The summed E-state index contributed by atoms with van der Waals surface area (Å²) in [6.07, 6.45) is 0.639. The van der Waals surface area contributed by atoms with Gasteiger partial charge in [0.15, 0.2) is 0 Å². The van der Waals surface area contributed by atoms with Gasteiger partial charge < -0.3 is 19.1 Å². The molecule has 16 heavy (non-hydrogen) atoms. The van der Waals surface area contributed by atoms with Crippen LogP contribution in [-0.2, 0) is 15.1 Å². The van der Waals surface area contributed by atoms with Gasteiger partial charge in [0.25, 0.3) is 5.89 Å². The molecule has 2 heterocycles. The molecule has 1 N–H and O–H groups in total. The molecule has 0 amide bonds. The largest absolute Gasteiger partial charge is 0.384 e. The van der Waals surface area contributed by atoms with E-state index in [1.54, 1.807) is 14.0 Å². The quantitative estimate of drug-likeness (QED) is 0.823. The molecule has 0 aromatic carbocycles.